The highest BCUT2D eigenvalue weighted by molar-refractivity contribution is 7.86. The first-order chi connectivity index (χ1) is 5.45. The summed E-state index contributed by atoms with van der Waals surface area (Å²) in [6.07, 6.45) is -0.986. The normalized spacial score (nSPS) is 10.8. The molecule has 0 aliphatic carbocycles. The van der Waals surface area contributed by atoms with Gasteiger partial charge in [-0.1, -0.05) is 0 Å². The Morgan fingerprint density at radius 1 is 1.50 bits per heavy atom. The second-order valence-corrected chi connectivity index (χ2v) is 3.39. The molecule has 0 aromatic heterocycles. The third-order valence-corrected chi connectivity index (χ3v) is 1.70. The number of hydrogen-bond acceptors (Lipinski definition) is 5. The van der Waals surface area contributed by atoms with Gasteiger partial charge in [-0.3, -0.25) is 0 Å². The minimum absolute atomic E-state index is 0.0755. The summed E-state index contributed by atoms with van der Waals surface area (Å²) >= 11 is 0. The fourth-order valence-corrected chi connectivity index (χ4v) is 0.908. The maximum absolute atomic E-state index is 11.8. The lowest BCUT2D eigenvalue weighted by atomic mass is 10.5. The van der Waals surface area contributed by atoms with Crippen LogP contribution in [0.3, 0.4) is 0 Å². The quantitative estimate of drug-likeness (QED) is 0.374. The Morgan fingerprint density at radius 3 is 2.50 bits per heavy atom. The van der Waals surface area contributed by atoms with Gasteiger partial charge in [-0.15, -0.1) is 3.89 Å². The van der Waals surface area contributed by atoms with Gasteiger partial charge >= 0.3 is 16.4 Å². The van der Waals surface area contributed by atoms with Crippen LogP contribution < -0.4 is 0 Å². The van der Waals surface area contributed by atoms with E-state index in [2.05, 4.69) is 9.47 Å². The molecule has 0 fully saturated rings. The third kappa shape index (κ3) is 7.26. The Hall–Kier alpha value is -0.850. The molecule has 0 radical (unpaired) electrons. The van der Waals surface area contributed by atoms with Gasteiger partial charge in [-0.25, -0.2) is 4.79 Å². The van der Waals surface area contributed by atoms with Crippen molar-refractivity contribution in [3.8, 4) is 0 Å². The van der Waals surface area contributed by atoms with Gasteiger partial charge in [0.15, 0.2) is 0 Å². The zero-order valence-corrected chi connectivity index (χ0v) is 7.27. The fourth-order valence-electron chi connectivity index (χ4n) is 0.446. The van der Waals surface area contributed by atoms with Crippen molar-refractivity contribution in [1.82, 2.24) is 0 Å². The lowest BCUT2D eigenvalue weighted by Gasteiger charge is -2.00. The standard InChI is InChI=1S/C5H9FO5S/c1-10-5(7)11-3-2-4-12(6,8)9/h2-4H2,1H3. The van der Waals surface area contributed by atoms with Crippen LogP contribution in [0.1, 0.15) is 6.42 Å². The molecule has 0 amide bonds. The van der Waals surface area contributed by atoms with Crippen LogP contribution in [-0.4, -0.2) is 34.0 Å². The number of halogens is 1. The Labute approximate surface area is 69.7 Å². The van der Waals surface area contributed by atoms with E-state index in [9.17, 15) is 17.1 Å². The van der Waals surface area contributed by atoms with Gasteiger partial charge in [0.05, 0.1) is 19.5 Å². The van der Waals surface area contributed by atoms with Crippen molar-refractivity contribution in [2.24, 2.45) is 0 Å². The lowest BCUT2D eigenvalue weighted by Crippen LogP contribution is -2.08. The first-order valence-corrected chi connectivity index (χ1v) is 4.64. The molecule has 72 valence electrons. The maximum Gasteiger partial charge on any atom is 0.507 e. The second-order valence-electron chi connectivity index (χ2n) is 1.90. The number of rotatable bonds is 4. The van der Waals surface area contributed by atoms with Gasteiger partial charge in [0.25, 0.3) is 0 Å². The van der Waals surface area contributed by atoms with Gasteiger partial charge < -0.3 is 9.47 Å². The van der Waals surface area contributed by atoms with Crippen molar-refractivity contribution in [2.75, 3.05) is 19.5 Å². The van der Waals surface area contributed by atoms with Crippen LogP contribution in [0.25, 0.3) is 0 Å². The number of hydrogen-bond donors (Lipinski definition) is 0. The molecule has 0 aliphatic heterocycles. The molecule has 0 atom stereocenters. The number of methoxy groups -OCH3 is 1. The van der Waals surface area contributed by atoms with Crippen molar-refractivity contribution in [3.05, 3.63) is 0 Å². The maximum atomic E-state index is 11.8. The highest BCUT2D eigenvalue weighted by atomic mass is 32.3. The molecule has 0 saturated heterocycles. The minimum atomic E-state index is -4.46. The Kier molecular flexibility index (Phi) is 4.57. The molecule has 0 bridgehead atoms. The van der Waals surface area contributed by atoms with E-state index in [-0.39, 0.29) is 13.0 Å². The molecule has 0 rings (SSSR count). The summed E-state index contributed by atoms with van der Waals surface area (Å²) in [4.78, 5) is 10.2. The van der Waals surface area contributed by atoms with Crippen molar-refractivity contribution in [1.29, 1.82) is 0 Å². The zero-order chi connectivity index (χ0) is 9.61. The third-order valence-electron chi connectivity index (χ3n) is 0.919. The highest BCUT2D eigenvalue weighted by Gasteiger charge is 2.07. The molecule has 0 aromatic carbocycles. The van der Waals surface area contributed by atoms with Crippen LogP contribution in [0.4, 0.5) is 8.68 Å². The van der Waals surface area contributed by atoms with Crippen LogP contribution in [0.15, 0.2) is 0 Å². The van der Waals surface area contributed by atoms with Gasteiger partial charge in [0, 0.05) is 0 Å². The number of ether oxygens (including phenoxy) is 2. The predicted octanol–water partition coefficient (Wildman–Crippen LogP) is 0.459. The van der Waals surface area contributed by atoms with Crippen molar-refractivity contribution >= 4 is 16.4 Å². The lowest BCUT2D eigenvalue weighted by molar-refractivity contribution is 0.0729. The summed E-state index contributed by atoms with van der Waals surface area (Å²) in [6, 6.07) is 0. The van der Waals surface area contributed by atoms with Gasteiger partial charge in [0.2, 0.25) is 0 Å². The Bertz CT molecular complexity index is 234. The van der Waals surface area contributed by atoms with E-state index < -0.39 is 22.1 Å². The molecule has 5 nitrogen and oxygen atoms in total. The van der Waals surface area contributed by atoms with E-state index in [1.54, 1.807) is 0 Å². The summed E-state index contributed by atoms with van der Waals surface area (Å²) in [7, 11) is -3.34. The Balaban J connectivity index is 3.40. The molecule has 0 aliphatic rings. The average molecular weight is 200 g/mol. The minimum Gasteiger partial charge on any atom is -0.438 e. The summed E-state index contributed by atoms with van der Waals surface area (Å²) < 4.78 is 40.0. The number of carbonyl (C=O) groups is 1. The molecule has 0 heterocycles. The first-order valence-electron chi connectivity index (χ1n) is 3.09. The topological polar surface area (TPSA) is 69.7 Å². The molecule has 0 aromatic rings. The SMILES string of the molecule is COC(=O)OCCCS(=O)(=O)F. The molecule has 7 heteroatoms. The van der Waals surface area contributed by atoms with E-state index >= 15 is 0 Å². The van der Waals surface area contributed by atoms with Crippen molar-refractivity contribution in [2.45, 2.75) is 6.42 Å². The van der Waals surface area contributed by atoms with E-state index in [0.29, 0.717) is 0 Å². The van der Waals surface area contributed by atoms with E-state index in [1.165, 1.54) is 0 Å². The molecular formula is C5H9FO5S. The van der Waals surface area contributed by atoms with Crippen molar-refractivity contribution < 1.29 is 26.6 Å². The smallest absolute Gasteiger partial charge is 0.438 e. The molecule has 0 saturated carbocycles. The summed E-state index contributed by atoms with van der Waals surface area (Å²) in [5.41, 5.74) is 0. The average Bonchev–Trinajstić information content (AvgIpc) is 1.96. The molecule has 0 unspecified atom stereocenters. The fraction of sp³-hybridized carbons (Fsp3) is 0.800. The largest absolute Gasteiger partial charge is 0.507 e. The van der Waals surface area contributed by atoms with Crippen LogP contribution in [-0.2, 0) is 19.7 Å². The molecule has 12 heavy (non-hydrogen) atoms. The summed E-state index contributed by atoms with van der Waals surface area (Å²) in [5.74, 6) is -0.649. The van der Waals surface area contributed by atoms with Gasteiger partial charge in [-0.05, 0) is 6.42 Å². The zero-order valence-electron chi connectivity index (χ0n) is 6.45. The van der Waals surface area contributed by atoms with Crippen LogP contribution >= 0.6 is 0 Å². The molecule has 0 spiro atoms. The van der Waals surface area contributed by atoms with Crippen molar-refractivity contribution in [3.63, 3.8) is 0 Å². The Morgan fingerprint density at radius 2 is 2.08 bits per heavy atom. The van der Waals surface area contributed by atoms with Crippen LogP contribution in [0, 0.1) is 0 Å². The predicted molar refractivity (Wildman–Crippen MR) is 37.9 cm³/mol. The summed E-state index contributed by atoms with van der Waals surface area (Å²) in [5, 5.41) is 0. The van der Waals surface area contributed by atoms with E-state index in [1.807, 2.05) is 0 Å². The first kappa shape index (κ1) is 11.2. The van der Waals surface area contributed by atoms with E-state index in [4.69, 9.17) is 0 Å². The van der Waals surface area contributed by atoms with Gasteiger partial charge in [0.1, 0.15) is 0 Å². The molecule has 0 N–H and O–H groups in total. The summed E-state index contributed by atoms with van der Waals surface area (Å²) in [6.45, 7) is -0.171. The van der Waals surface area contributed by atoms with Gasteiger partial charge in [-0.2, -0.15) is 8.42 Å². The monoisotopic (exact) mass is 200 g/mol. The second kappa shape index (κ2) is 4.91. The number of carbonyl (C=O) groups excluding carboxylic acids is 1. The van der Waals surface area contributed by atoms with Crippen LogP contribution in [0.5, 0.6) is 0 Å². The molecular weight excluding hydrogens is 191 g/mol. The van der Waals surface area contributed by atoms with Crippen LogP contribution in [0.2, 0.25) is 0 Å². The van der Waals surface area contributed by atoms with E-state index in [0.717, 1.165) is 7.11 Å². The highest BCUT2D eigenvalue weighted by Crippen LogP contribution is 1.95.